The number of hydrogen-bond acceptors (Lipinski definition) is 10. The van der Waals surface area contributed by atoms with Crippen LogP contribution in [0.25, 0.3) is 0 Å². The van der Waals surface area contributed by atoms with E-state index < -0.39 is 298 Å². The maximum Gasteiger partial charge on any atom is 0.385 e. The van der Waals surface area contributed by atoms with Crippen molar-refractivity contribution in [2.24, 2.45) is 0 Å². The molecule has 0 N–H and O–H groups in total. The summed E-state index contributed by atoms with van der Waals surface area (Å²) in [5.74, 6) is -262. The zero-order valence-electron chi connectivity index (χ0n) is 55.3. The molecule has 722 valence electrons. The predicted octanol–water partition coefficient (Wildman–Crippen LogP) is 21.3. The van der Waals surface area contributed by atoms with Crippen LogP contribution < -0.4 is 28.7 Å². The molecule has 0 bridgehead atoms. The molecule has 74 heteroatoms. The molecule has 0 aliphatic carbocycles. The van der Waals surface area contributed by atoms with Gasteiger partial charge in [-0.2, -0.15) is 266 Å². The third kappa shape index (κ3) is 16.1. The van der Waals surface area contributed by atoms with Crippen LogP contribution in [0.4, 0.5) is 293 Å². The van der Waals surface area contributed by atoms with Crippen LogP contribution in [0, 0.1) is 0 Å². The fourth-order valence-electron chi connectivity index (χ4n) is 8.37. The standard InChI is InChI=1S/C49H24F64N6O4/c50-16(51)26(66,67)34(82,83)42(98,99)46(106,107)38(90,91)30(74,75)22(58,59)8-120-12-6-13(121-9-23(60,61)31(76,77)39(92,93)47(108,109)43(100,101)35(84,85)27(68,69)17(52)53)115-20(114-12)118-2-1-3-119(5-4-118)21-116-14(122-10-24(62,63)32(78,79)40(94,95)48(110,111)44(102,103)36(86,87)28(70,71)18(54)55)7-15(117-21)123-11-25(64,65)33(80,81)41(96,97)49(112,113)45(104,105)37(88,89)29(72,73)19(56)57/h6-7,16-19H,1-5,8-11H2. The highest BCUT2D eigenvalue weighted by Crippen LogP contribution is 2.69. The van der Waals surface area contributed by atoms with E-state index in [1.54, 1.807) is 0 Å². The van der Waals surface area contributed by atoms with Gasteiger partial charge in [-0.05, 0) is 6.42 Å². The highest BCUT2D eigenvalue weighted by molar-refractivity contribution is 5.42. The normalized spacial score (nSPS) is 16.8. The lowest BCUT2D eigenvalue weighted by Gasteiger charge is -2.42. The van der Waals surface area contributed by atoms with Gasteiger partial charge in [-0.1, -0.05) is 0 Å². The van der Waals surface area contributed by atoms with Gasteiger partial charge in [0.2, 0.25) is 35.4 Å². The molecule has 0 radical (unpaired) electrons. The Morgan fingerprint density at radius 1 is 0.203 bits per heavy atom. The Kier molecular flexibility index (Phi) is 28.3. The van der Waals surface area contributed by atoms with Crippen LogP contribution in [0.1, 0.15) is 6.42 Å². The number of rotatable bonds is 42. The van der Waals surface area contributed by atoms with Crippen LogP contribution in [-0.2, 0) is 0 Å². The van der Waals surface area contributed by atoms with Gasteiger partial charge in [0.25, 0.3) is 0 Å². The van der Waals surface area contributed by atoms with E-state index >= 15 is 35.1 Å². The summed E-state index contributed by atoms with van der Waals surface area (Å²) >= 11 is 0. The van der Waals surface area contributed by atoms with Gasteiger partial charge in [-0.3, -0.25) is 0 Å². The Hall–Kier alpha value is -7.52. The Labute approximate surface area is 628 Å². The largest absolute Gasteiger partial charge is 0.471 e. The molecule has 1 saturated heterocycles. The van der Waals surface area contributed by atoms with Crippen molar-refractivity contribution in [2.75, 3.05) is 62.4 Å². The molecule has 10 nitrogen and oxygen atoms in total. The van der Waals surface area contributed by atoms with Gasteiger partial charge in [0.15, 0.2) is 26.4 Å². The molecule has 2 aromatic heterocycles. The van der Waals surface area contributed by atoms with E-state index in [1.807, 2.05) is 0 Å². The molecule has 0 unspecified atom stereocenters. The van der Waals surface area contributed by atoms with E-state index in [-0.39, 0.29) is 9.80 Å². The van der Waals surface area contributed by atoms with Crippen molar-refractivity contribution in [3.63, 3.8) is 0 Å². The first-order chi connectivity index (χ1) is 53.5. The number of halogens is 64. The molecule has 123 heavy (non-hydrogen) atoms. The van der Waals surface area contributed by atoms with Crippen molar-refractivity contribution in [3.8, 4) is 23.5 Å². The first-order valence-corrected chi connectivity index (χ1v) is 29.0. The van der Waals surface area contributed by atoms with Crippen LogP contribution in [0.15, 0.2) is 12.1 Å². The average molecular weight is 1980 g/mol. The second-order valence-corrected chi connectivity index (χ2v) is 24.2. The number of alkyl halides is 64. The zero-order valence-corrected chi connectivity index (χ0v) is 55.3. The summed E-state index contributed by atoms with van der Waals surface area (Å²) in [6.45, 7) is -24.7. The molecular weight excluding hydrogens is 1950 g/mol. The maximum atomic E-state index is 15.1. The van der Waals surface area contributed by atoms with E-state index in [0.29, 0.717) is 0 Å². The van der Waals surface area contributed by atoms with Gasteiger partial charge < -0.3 is 28.7 Å². The number of ether oxygens (including phenoxy) is 4. The second kappa shape index (κ2) is 31.8. The summed E-state index contributed by atoms with van der Waals surface area (Å²) in [6.07, 6.45) is -27.4. The third-order valence-corrected chi connectivity index (χ3v) is 15.9. The zero-order chi connectivity index (χ0) is 98.4. The lowest BCUT2D eigenvalue weighted by molar-refractivity contribution is -0.447. The van der Waals surface area contributed by atoms with Gasteiger partial charge in [-0.25, -0.2) is 35.1 Å². The van der Waals surface area contributed by atoms with E-state index in [0.717, 1.165) is 0 Å². The van der Waals surface area contributed by atoms with Crippen LogP contribution in [-0.4, -0.2) is 264 Å². The highest BCUT2D eigenvalue weighted by atomic mass is 19.4. The van der Waals surface area contributed by atoms with E-state index in [1.165, 1.54) is 0 Å². The summed E-state index contributed by atoms with van der Waals surface area (Å²) in [5.41, 5.74) is 0. The number of aromatic nitrogens is 4. The maximum absolute atomic E-state index is 15.1. The van der Waals surface area contributed by atoms with Gasteiger partial charge in [0.05, 0.1) is 12.1 Å². The molecular formula is C49H24F64N6O4. The fraction of sp³-hybridized carbons (Fsp3) is 0.837. The first kappa shape index (κ1) is 110. The van der Waals surface area contributed by atoms with E-state index in [9.17, 15) is 246 Å². The van der Waals surface area contributed by atoms with Crippen LogP contribution >= 0.6 is 0 Å². The number of hydrogen-bond donors (Lipinski definition) is 0. The molecule has 0 atom stereocenters. The molecule has 0 amide bonds. The summed E-state index contributed by atoms with van der Waals surface area (Å²) < 4.78 is 916. The minimum Gasteiger partial charge on any atom is -0.471 e. The lowest BCUT2D eigenvalue weighted by Crippen LogP contribution is -2.74. The van der Waals surface area contributed by atoms with Crippen molar-refractivity contribution >= 4 is 11.9 Å². The van der Waals surface area contributed by atoms with Gasteiger partial charge >= 0.3 is 192 Å². The Bertz CT molecular complexity index is 3490. The van der Waals surface area contributed by atoms with E-state index in [2.05, 4.69) is 38.9 Å². The minimum absolute atomic E-state index is 0.297. The smallest absolute Gasteiger partial charge is 0.385 e. The SMILES string of the molecule is FC(F)C(F)(F)C(F)(F)C(F)(F)C(F)(F)C(F)(F)C(F)(F)C(F)(F)COc1cc(OCC(F)(F)C(F)(F)C(F)(F)C(F)(F)C(F)(F)C(F)(F)C(F)(F)C(F)F)nc(N2CCCN(c3nc(OCC(F)(F)C(F)(F)C(F)(F)C(F)(F)C(F)(F)C(F)(F)C(F)(F)C(F)F)cc(OCC(F)(F)C(F)(F)C(F)(F)C(F)(F)C(F)(F)C(F)(F)C(F)(F)C(F)F)n3)CC2)n1. The van der Waals surface area contributed by atoms with Gasteiger partial charge in [-0.15, -0.1) is 0 Å². The molecule has 1 fully saturated rings. The van der Waals surface area contributed by atoms with Gasteiger partial charge in [0, 0.05) is 26.2 Å². The molecule has 0 spiro atoms. The molecule has 3 rings (SSSR count). The quantitative estimate of drug-likeness (QED) is 0.0598. The average Bonchev–Trinajstić information content (AvgIpc) is 0.747. The third-order valence-electron chi connectivity index (χ3n) is 15.9. The highest BCUT2D eigenvalue weighted by Gasteiger charge is 2.99. The Morgan fingerprint density at radius 2 is 0.333 bits per heavy atom. The van der Waals surface area contributed by atoms with Crippen molar-refractivity contribution < 1.29 is 300 Å². The minimum atomic E-state index is -9.33. The summed E-state index contributed by atoms with van der Waals surface area (Å²) in [5, 5.41) is 0. The Morgan fingerprint density at radius 3 is 0.472 bits per heavy atom. The van der Waals surface area contributed by atoms with Crippen molar-refractivity contribution in [3.05, 3.63) is 12.1 Å². The molecule has 3 heterocycles. The number of anilines is 2. The predicted molar refractivity (Wildman–Crippen MR) is 258 cm³/mol. The molecule has 1 aliphatic heterocycles. The summed E-state index contributed by atoms with van der Waals surface area (Å²) in [4.78, 5) is 9.92. The number of nitrogens with zero attached hydrogens (tertiary/aromatic N) is 6. The topological polar surface area (TPSA) is 95.0 Å². The van der Waals surface area contributed by atoms with Crippen molar-refractivity contribution in [2.45, 2.75) is 198 Å². The Balaban J connectivity index is 2.46. The van der Waals surface area contributed by atoms with Crippen LogP contribution in [0.2, 0.25) is 0 Å². The molecule has 0 aromatic carbocycles. The van der Waals surface area contributed by atoms with Crippen molar-refractivity contribution in [1.29, 1.82) is 0 Å². The van der Waals surface area contributed by atoms with Crippen LogP contribution in [0.5, 0.6) is 23.5 Å². The monoisotopic (exact) mass is 1980 g/mol. The van der Waals surface area contributed by atoms with Gasteiger partial charge in [0.1, 0.15) is 0 Å². The molecule has 0 saturated carbocycles. The second-order valence-electron chi connectivity index (χ2n) is 24.2. The molecule has 1 aliphatic rings. The van der Waals surface area contributed by atoms with Crippen LogP contribution in [0.3, 0.4) is 0 Å². The van der Waals surface area contributed by atoms with E-state index in [4.69, 9.17) is 0 Å². The summed E-state index contributed by atoms with van der Waals surface area (Å²) in [7, 11) is 0. The summed E-state index contributed by atoms with van der Waals surface area (Å²) in [6, 6.07) is -2.37. The lowest BCUT2D eigenvalue weighted by atomic mass is 9.89. The fourth-order valence-corrected chi connectivity index (χ4v) is 8.37. The van der Waals surface area contributed by atoms with Crippen molar-refractivity contribution in [1.82, 2.24) is 19.9 Å². The first-order valence-electron chi connectivity index (χ1n) is 29.0. The molecule has 2 aromatic rings.